The van der Waals surface area contributed by atoms with Gasteiger partial charge in [0.05, 0.1) is 24.7 Å². The van der Waals surface area contributed by atoms with E-state index < -0.39 is 0 Å². The molecule has 1 aromatic heterocycles. The van der Waals surface area contributed by atoms with Gasteiger partial charge in [-0.1, -0.05) is 55.5 Å². The van der Waals surface area contributed by atoms with E-state index in [-0.39, 0.29) is 5.92 Å². The van der Waals surface area contributed by atoms with Crippen molar-refractivity contribution in [3.8, 4) is 11.5 Å². The number of imidazole rings is 1. The average Bonchev–Trinajstić information content (AvgIpc) is 3.24. The molecule has 0 bridgehead atoms. The van der Waals surface area contributed by atoms with Crippen LogP contribution in [0, 0.1) is 13.8 Å². The Morgan fingerprint density at radius 3 is 2.53 bits per heavy atom. The molecular formula is C30H30N2O2. The summed E-state index contributed by atoms with van der Waals surface area (Å²) in [6, 6.07) is 27.4. The van der Waals surface area contributed by atoms with Crippen LogP contribution in [-0.2, 0) is 6.54 Å². The maximum absolute atomic E-state index is 6.20. The molecule has 0 fully saturated rings. The molecule has 0 amide bonds. The van der Waals surface area contributed by atoms with Gasteiger partial charge in [-0.3, -0.25) is 0 Å². The lowest BCUT2D eigenvalue weighted by atomic mass is 9.97. The lowest BCUT2D eigenvalue weighted by molar-refractivity contribution is 0.296. The van der Waals surface area contributed by atoms with Gasteiger partial charge in [0, 0.05) is 5.92 Å². The highest BCUT2D eigenvalue weighted by Crippen LogP contribution is 2.31. The number of benzene rings is 4. The summed E-state index contributed by atoms with van der Waals surface area (Å²) in [5, 5.41) is 2.37. The highest BCUT2D eigenvalue weighted by molar-refractivity contribution is 5.85. The maximum Gasteiger partial charge on any atom is 0.122 e. The Kier molecular flexibility index (Phi) is 5.97. The van der Waals surface area contributed by atoms with Gasteiger partial charge in [-0.05, 0) is 71.6 Å². The van der Waals surface area contributed by atoms with Crippen molar-refractivity contribution < 1.29 is 9.47 Å². The molecule has 1 unspecified atom stereocenters. The first-order valence-corrected chi connectivity index (χ1v) is 11.8. The van der Waals surface area contributed by atoms with Crippen LogP contribution in [-0.4, -0.2) is 23.3 Å². The van der Waals surface area contributed by atoms with Crippen molar-refractivity contribution in [2.45, 2.75) is 33.2 Å². The second kappa shape index (κ2) is 9.22. The molecule has 5 rings (SSSR count). The van der Waals surface area contributed by atoms with Crippen LogP contribution in [0.1, 0.15) is 35.4 Å². The van der Waals surface area contributed by atoms with Gasteiger partial charge in [0.2, 0.25) is 0 Å². The van der Waals surface area contributed by atoms with Crippen molar-refractivity contribution in [3.05, 3.63) is 101 Å². The van der Waals surface area contributed by atoms with E-state index >= 15 is 0 Å². The van der Waals surface area contributed by atoms with Crippen LogP contribution in [0.25, 0.3) is 21.8 Å². The van der Waals surface area contributed by atoms with Crippen molar-refractivity contribution >= 4 is 21.8 Å². The van der Waals surface area contributed by atoms with E-state index in [1.807, 2.05) is 24.3 Å². The van der Waals surface area contributed by atoms with E-state index in [4.69, 9.17) is 14.5 Å². The summed E-state index contributed by atoms with van der Waals surface area (Å²) in [4.78, 5) is 5.04. The van der Waals surface area contributed by atoms with Crippen molar-refractivity contribution in [2.24, 2.45) is 0 Å². The largest absolute Gasteiger partial charge is 0.497 e. The van der Waals surface area contributed by atoms with Gasteiger partial charge in [-0.15, -0.1) is 0 Å². The zero-order valence-corrected chi connectivity index (χ0v) is 20.2. The lowest BCUT2D eigenvalue weighted by Crippen LogP contribution is -2.14. The SMILES string of the molecule is COc1ccc2cc(C(C)c3nc4ccccc4n3CCOc3cccc(C)c3C)ccc2c1. The normalized spacial score (nSPS) is 12.2. The van der Waals surface area contributed by atoms with Gasteiger partial charge in [0.25, 0.3) is 0 Å². The average molecular weight is 451 g/mol. The Hall–Kier alpha value is -3.79. The zero-order valence-electron chi connectivity index (χ0n) is 20.2. The molecule has 0 aliphatic carbocycles. The van der Waals surface area contributed by atoms with Crippen LogP contribution in [0.2, 0.25) is 0 Å². The van der Waals surface area contributed by atoms with E-state index in [0.717, 1.165) is 34.9 Å². The molecule has 5 aromatic rings. The second-order valence-electron chi connectivity index (χ2n) is 8.85. The molecule has 0 saturated carbocycles. The van der Waals surface area contributed by atoms with Crippen LogP contribution in [0.4, 0.5) is 0 Å². The number of methoxy groups -OCH3 is 1. The molecule has 4 nitrogen and oxygen atoms in total. The Morgan fingerprint density at radius 2 is 1.68 bits per heavy atom. The van der Waals surface area contributed by atoms with E-state index in [9.17, 15) is 0 Å². The summed E-state index contributed by atoms with van der Waals surface area (Å²) in [5.41, 5.74) is 5.83. The predicted molar refractivity (Wildman–Crippen MR) is 139 cm³/mol. The lowest BCUT2D eigenvalue weighted by Gasteiger charge is -2.17. The zero-order chi connectivity index (χ0) is 23.7. The molecule has 0 radical (unpaired) electrons. The van der Waals surface area contributed by atoms with Crippen LogP contribution in [0.15, 0.2) is 78.9 Å². The summed E-state index contributed by atoms with van der Waals surface area (Å²) < 4.78 is 13.9. The topological polar surface area (TPSA) is 36.3 Å². The molecule has 1 atom stereocenters. The van der Waals surface area contributed by atoms with Crippen molar-refractivity contribution in [1.29, 1.82) is 0 Å². The van der Waals surface area contributed by atoms with E-state index in [1.54, 1.807) is 7.11 Å². The van der Waals surface area contributed by atoms with Crippen LogP contribution in [0.5, 0.6) is 11.5 Å². The summed E-state index contributed by atoms with van der Waals surface area (Å²) in [5.74, 6) is 3.01. The summed E-state index contributed by atoms with van der Waals surface area (Å²) in [6.45, 7) is 7.78. The van der Waals surface area contributed by atoms with E-state index in [1.165, 1.54) is 27.5 Å². The van der Waals surface area contributed by atoms with Gasteiger partial charge in [0.1, 0.15) is 23.9 Å². The number of para-hydroxylation sites is 2. The van der Waals surface area contributed by atoms with Crippen molar-refractivity contribution in [2.75, 3.05) is 13.7 Å². The molecule has 4 heteroatoms. The predicted octanol–water partition coefficient (Wildman–Crippen LogP) is 7.05. The molecule has 0 aliphatic heterocycles. The number of aryl methyl sites for hydroxylation is 1. The second-order valence-corrected chi connectivity index (χ2v) is 8.85. The summed E-state index contributed by atoms with van der Waals surface area (Å²) in [6.07, 6.45) is 0. The number of hydrogen-bond acceptors (Lipinski definition) is 3. The molecule has 4 aromatic carbocycles. The summed E-state index contributed by atoms with van der Waals surface area (Å²) >= 11 is 0. The fraction of sp³-hybridized carbons (Fsp3) is 0.233. The molecule has 0 aliphatic rings. The molecule has 34 heavy (non-hydrogen) atoms. The van der Waals surface area contributed by atoms with Crippen LogP contribution in [0.3, 0.4) is 0 Å². The molecule has 0 N–H and O–H groups in total. The molecular weight excluding hydrogens is 420 g/mol. The Labute approximate surface area is 200 Å². The number of rotatable bonds is 7. The third kappa shape index (κ3) is 4.12. The maximum atomic E-state index is 6.20. The van der Waals surface area contributed by atoms with Gasteiger partial charge >= 0.3 is 0 Å². The van der Waals surface area contributed by atoms with Crippen molar-refractivity contribution in [3.63, 3.8) is 0 Å². The Morgan fingerprint density at radius 1 is 0.882 bits per heavy atom. The Bertz CT molecular complexity index is 1470. The molecule has 0 spiro atoms. The summed E-state index contributed by atoms with van der Waals surface area (Å²) in [7, 11) is 1.70. The fourth-order valence-electron chi connectivity index (χ4n) is 4.57. The highest BCUT2D eigenvalue weighted by atomic mass is 16.5. The number of hydrogen-bond donors (Lipinski definition) is 0. The minimum absolute atomic E-state index is 0.139. The quantitative estimate of drug-likeness (QED) is 0.267. The standard InChI is InChI=1S/C30H30N2O2/c1-20-8-7-11-29(21(20)2)34-17-16-32-28-10-6-5-9-27(28)31-30(32)22(3)23-12-13-25-19-26(33-4)15-14-24(25)18-23/h5-15,18-19,22H,16-17H2,1-4H3. The molecule has 1 heterocycles. The first-order chi connectivity index (χ1) is 16.5. The van der Waals surface area contributed by atoms with Gasteiger partial charge in [0.15, 0.2) is 0 Å². The number of ether oxygens (including phenoxy) is 2. The molecule has 0 saturated heterocycles. The minimum Gasteiger partial charge on any atom is -0.497 e. The monoisotopic (exact) mass is 450 g/mol. The third-order valence-corrected chi connectivity index (χ3v) is 6.77. The van der Waals surface area contributed by atoms with Crippen LogP contribution < -0.4 is 9.47 Å². The highest BCUT2D eigenvalue weighted by Gasteiger charge is 2.19. The first-order valence-electron chi connectivity index (χ1n) is 11.8. The number of nitrogens with zero attached hydrogens (tertiary/aromatic N) is 2. The smallest absolute Gasteiger partial charge is 0.122 e. The first kappa shape index (κ1) is 22.0. The van der Waals surface area contributed by atoms with Crippen LogP contribution >= 0.6 is 0 Å². The van der Waals surface area contributed by atoms with Gasteiger partial charge in [-0.25, -0.2) is 4.98 Å². The minimum atomic E-state index is 0.139. The number of fused-ring (bicyclic) bond motifs is 2. The fourth-order valence-corrected chi connectivity index (χ4v) is 4.57. The third-order valence-electron chi connectivity index (χ3n) is 6.77. The number of aromatic nitrogens is 2. The van der Waals surface area contributed by atoms with E-state index in [0.29, 0.717) is 6.61 Å². The Balaban J connectivity index is 1.46. The van der Waals surface area contributed by atoms with Gasteiger partial charge < -0.3 is 14.0 Å². The molecule has 172 valence electrons. The van der Waals surface area contributed by atoms with Crippen molar-refractivity contribution in [1.82, 2.24) is 9.55 Å². The van der Waals surface area contributed by atoms with Gasteiger partial charge in [-0.2, -0.15) is 0 Å². The van der Waals surface area contributed by atoms with E-state index in [2.05, 4.69) is 79.9 Å².